The number of hydrogen-bond donors (Lipinski definition) is 3. The molecule has 0 aromatic heterocycles. The first kappa shape index (κ1) is 106. The smallest absolute Gasteiger partial charge is 0.462 e. The molecule has 0 aliphatic carbocycles. The molecule has 0 amide bonds. The van der Waals surface area contributed by atoms with Crippen LogP contribution in [0.15, 0.2) is 0 Å². The molecule has 0 radical (unpaired) electrons. The van der Waals surface area contributed by atoms with E-state index in [9.17, 15) is 43.2 Å². The summed E-state index contributed by atoms with van der Waals surface area (Å²) < 4.78 is 69.0. The van der Waals surface area contributed by atoms with Gasteiger partial charge in [-0.1, -0.05) is 427 Å². The molecular weight excluding hydrogens is 1400 g/mol. The van der Waals surface area contributed by atoms with Crippen molar-refractivity contribution in [1.29, 1.82) is 0 Å². The molecule has 0 aromatic carbocycles. The van der Waals surface area contributed by atoms with Gasteiger partial charge in [0, 0.05) is 25.7 Å². The van der Waals surface area contributed by atoms with E-state index in [1.807, 2.05) is 0 Å². The standard InChI is InChI=1S/C89H174O17P2/c1-7-10-12-14-16-18-20-22-24-26-28-29-31-33-39-43-49-56-62-68-73-88(93)105-84(77-99-86(91)71-65-59-53-47-41-37-35-34-36-40-46-52-58-64-70-82(6)9-3)79-103-107(95,96)101-75-83(90)76-102-108(97,98)104-80-85(78-100-87(92)72-66-60-54-50-44-45-51-57-63-69-81(4)5)106-89(94)74-67-61-55-48-42-38-32-30-27-25-23-21-19-17-15-13-11-8-2/h81-85,90H,7-80H2,1-6H3,(H,95,96)(H,97,98)/t82?,83-,84-,85-/m1/s1. The number of unbranched alkanes of at least 4 members (excludes halogenated alkanes) is 57. The maximum Gasteiger partial charge on any atom is 0.472 e. The Balaban J connectivity index is 5.26. The van der Waals surface area contributed by atoms with Crippen LogP contribution in [-0.2, 0) is 65.4 Å². The van der Waals surface area contributed by atoms with Crippen molar-refractivity contribution >= 4 is 39.5 Å². The topological polar surface area (TPSA) is 237 Å². The molecule has 17 nitrogen and oxygen atoms in total. The van der Waals surface area contributed by atoms with Crippen molar-refractivity contribution in [2.45, 2.75) is 496 Å². The summed E-state index contributed by atoms with van der Waals surface area (Å²) in [6, 6.07) is 0. The summed E-state index contributed by atoms with van der Waals surface area (Å²) in [4.78, 5) is 73.4. The molecule has 19 heteroatoms. The molecule has 0 rings (SSSR count). The third-order valence-electron chi connectivity index (χ3n) is 21.3. The second-order valence-electron chi connectivity index (χ2n) is 32.7. The van der Waals surface area contributed by atoms with Crippen LogP contribution in [0.25, 0.3) is 0 Å². The molecule has 0 fully saturated rings. The van der Waals surface area contributed by atoms with Gasteiger partial charge in [0.05, 0.1) is 26.4 Å². The second kappa shape index (κ2) is 80.3. The van der Waals surface area contributed by atoms with Crippen LogP contribution in [0, 0.1) is 11.8 Å². The summed E-state index contributed by atoms with van der Waals surface area (Å²) in [6.07, 6.45) is 73.6. The lowest BCUT2D eigenvalue weighted by Crippen LogP contribution is -2.30. The van der Waals surface area contributed by atoms with Crippen LogP contribution in [0.2, 0.25) is 0 Å². The summed E-state index contributed by atoms with van der Waals surface area (Å²) >= 11 is 0. The maximum atomic E-state index is 13.2. The van der Waals surface area contributed by atoms with Crippen LogP contribution < -0.4 is 0 Å². The van der Waals surface area contributed by atoms with Gasteiger partial charge in [0.25, 0.3) is 0 Å². The largest absolute Gasteiger partial charge is 0.472 e. The van der Waals surface area contributed by atoms with Gasteiger partial charge in [-0.2, -0.15) is 0 Å². The van der Waals surface area contributed by atoms with Crippen LogP contribution in [0.4, 0.5) is 0 Å². The van der Waals surface area contributed by atoms with Crippen LogP contribution >= 0.6 is 15.6 Å². The van der Waals surface area contributed by atoms with Crippen LogP contribution in [0.3, 0.4) is 0 Å². The number of phosphoric ester groups is 2. The molecule has 0 aliphatic rings. The van der Waals surface area contributed by atoms with Gasteiger partial charge in [0.2, 0.25) is 0 Å². The first-order valence-corrected chi connectivity index (χ1v) is 49.0. The van der Waals surface area contributed by atoms with Gasteiger partial charge in [-0.25, -0.2) is 9.13 Å². The Morgan fingerprint density at radius 3 is 0.704 bits per heavy atom. The number of hydrogen-bond acceptors (Lipinski definition) is 15. The van der Waals surface area contributed by atoms with E-state index in [1.54, 1.807) is 0 Å². The molecule has 0 saturated carbocycles. The number of ether oxygens (including phenoxy) is 4. The monoisotopic (exact) mass is 1580 g/mol. The van der Waals surface area contributed by atoms with Gasteiger partial charge in [0.1, 0.15) is 19.3 Å². The van der Waals surface area contributed by atoms with Crippen LogP contribution in [-0.4, -0.2) is 96.7 Å². The Labute approximate surface area is 664 Å². The Kier molecular flexibility index (Phi) is 78.8. The molecule has 0 heterocycles. The highest BCUT2D eigenvalue weighted by Crippen LogP contribution is 2.45. The molecule has 3 unspecified atom stereocenters. The minimum atomic E-state index is -4.97. The van der Waals surface area contributed by atoms with E-state index in [1.165, 1.54) is 295 Å². The second-order valence-corrected chi connectivity index (χ2v) is 35.6. The number of aliphatic hydroxyl groups excluding tert-OH is 1. The molecule has 0 aromatic rings. The van der Waals surface area contributed by atoms with Crippen LogP contribution in [0.1, 0.15) is 478 Å². The van der Waals surface area contributed by atoms with Crippen molar-refractivity contribution in [3.63, 3.8) is 0 Å². The van der Waals surface area contributed by atoms with E-state index in [0.717, 1.165) is 102 Å². The predicted octanol–water partition coefficient (Wildman–Crippen LogP) is 27.4. The number of carbonyl (C=O) groups is 4. The first-order chi connectivity index (χ1) is 52.4. The third kappa shape index (κ3) is 80.7. The van der Waals surface area contributed by atoms with Crippen molar-refractivity contribution in [3.05, 3.63) is 0 Å². The average Bonchev–Trinajstić information content (AvgIpc) is 0.899. The van der Waals surface area contributed by atoms with E-state index in [2.05, 4.69) is 41.5 Å². The maximum absolute atomic E-state index is 13.2. The molecule has 3 N–H and O–H groups in total. The number of phosphoric acid groups is 2. The Hall–Kier alpha value is -1.94. The normalized spacial score (nSPS) is 14.0. The zero-order valence-electron chi connectivity index (χ0n) is 71.2. The lowest BCUT2D eigenvalue weighted by Gasteiger charge is -2.21. The number of carbonyl (C=O) groups excluding carboxylic acids is 4. The van der Waals surface area contributed by atoms with Crippen molar-refractivity contribution in [3.8, 4) is 0 Å². The minimum Gasteiger partial charge on any atom is -0.462 e. The van der Waals surface area contributed by atoms with Crippen molar-refractivity contribution in [2.24, 2.45) is 11.8 Å². The SMILES string of the molecule is CCCCCCCCCCCCCCCCCCCCCCC(=O)O[C@H](COC(=O)CCCCCCCCCCCCCCCCC(C)CC)COP(=O)(O)OC[C@@H](O)COP(=O)(O)OC[C@@H](COC(=O)CCCCCCCCCCCC(C)C)OC(=O)CCCCCCCCCCCCCCCCCCCC. The zero-order chi connectivity index (χ0) is 79.2. The molecule has 0 spiro atoms. The van der Waals surface area contributed by atoms with Crippen molar-refractivity contribution in [2.75, 3.05) is 39.6 Å². The van der Waals surface area contributed by atoms with Crippen molar-refractivity contribution in [1.82, 2.24) is 0 Å². The van der Waals surface area contributed by atoms with E-state index in [4.69, 9.17) is 37.0 Å². The van der Waals surface area contributed by atoms with Gasteiger partial charge < -0.3 is 33.8 Å². The fraction of sp³-hybridized carbons (Fsp3) is 0.955. The number of esters is 4. The molecule has 108 heavy (non-hydrogen) atoms. The van der Waals surface area contributed by atoms with Gasteiger partial charge in [-0.15, -0.1) is 0 Å². The first-order valence-electron chi connectivity index (χ1n) is 46.0. The van der Waals surface area contributed by atoms with Gasteiger partial charge in [0.15, 0.2) is 12.2 Å². The van der Waals surface area contributed by atoms with E-state index >= 15 is 0 Å². The highest BCUT2D eigenvalue weighted by Gasteiger charge is 2.31. The summed E-state index contributed by atoms with van der Waals surface area (Å²) in [5, 5.41) is 10.7. The van der Waals surface area contributed by atoms with Gasteiger partial charge in [-0.05, 0) is 37.5 Å². The Morgan fingerprint density at radius 1 is 0.269 bits per heavy atom. The molecule has 642 valence electrons. The Morgan fingerprint density at radius 2 is 0.472 bits per heavy atom. The predicted molar refractivity (Wildman–Crippen MR) is 446 cm³/mol. The number of aliphatic hydroxyl groups is 1. The lowest BCUT2D eigenvalue weighted by atomic mass is 9.99. The quantitative estimate of drug-likeness (QED) is 0.0222. The van der Waals surface area contributed by atoms with Gasteiger partial charge in [-0.3, -0.25) is 37.3 Å². The molecule has 0 bridgehead atoms. The van der Waals surface area contributed by atoms with E-state index in [-0.39, 0.29) is 25.7 Å². The Bertz CT molecular complexity index is 2070. The summed E-state index contributed by atoms with van der Waals surface area (Å²) in [6.45, 7) is 9.73. The molecule has 0 saturated heterocycles. The molecule has 0 aliphatic heterocycles. The number of rotatable bonds is 88. The summed E-state index contributed by atoms with van der Waals surface area (Å²) in [7, 11) is -9.93. The van der Waals surface area contributed by atoms with Gasteiger partial charge >= 0.3 is 39.5 Å². The highest BCUT2D eigenvalue weighted by molar-refractivity contribution is 7.47. The fourth-order valence-electron chi connectivity index (χ4n) is 13.9. The summed E-state index contributed by atoms with van der Waals surface area (Å²) in [5.74, 6) is -0.504. The average molecular weight is 1580 g/mol. The molecular formula is C89H174O17P2. The summed E-state index contributed by atoms with van der Waals surface area (Å²) in [5.41, 5.74) is 0. The van der Waals surface area contributed by atoms with E-state index < -0.39 is 97.5 Å². The van der Waals surface area contributed by atoms with Crippen molar-refractivity contribution < 1.29 is 80.2 Å². The third-order valence-corrected chi connectivity index (χ3v) is 23.2. The fourth-order valence-corrected chi connectivity index (χ4v) is 15.5. The zero-order valence-corrected chi connectivity index (χ0v) is 73.0. The van der Waals surface area contributed by atoms with E-state index in [0.29, 0.717) is 25.7 Å². The minimum absolute atomic E-state index is 0.109. The lowest BCUT2D eigenvalue weighted by molar-refractivity contribution is -0.161. The molecule has 6 atom stereocenters. The van der Waals surface area contributed by atoms with Crippen LogP contribution in [0.5, 0.6) is 0 Å². The highest BCUT2D eigenvalue weighted by atomic mass is 31.2.